The van der Waals surface area contributed by atoms with E-state index in [4.69, 9.17) is 5.73 Å². The average Bonchev–Trinajstić information content (AvgIpc) is 3.14. The van der Waals surface area contributed by atoms with Gasteiger partial charge in [-0.1, -0.05) is 23.5 Å². The number of halogens is 1. The fraction of sp³-hybridized carbons (Fsp3) is 0.500. The molecule has 1 aliphatic carbocycles. The first-order valence-electron chi connectivity index (χ1n) is 7.82. The van der Waals surface area contributed by atoms with Crippen molar-refractivity contribution in [1.29, 1.82) is 0 Å². The van der Waals surface area contributed by atoms with Crippen molar-refractivity contribution >= 4 is 45.0 Å². The van der Waals surface area contributed by atoms with E-state index >= 15 is 0 Å². The number of fused-ring (bicyclic) bond motifs is 2. The quantitative estimate of drug-likeness (QED) is 0.889. The maximum atomic E-state index is 12.2. The second kappa shape index (κ2) is 6.73. The maximum Gasteiger partial charge on any atom is 0.240 e. The Labute approximate surface area is 145 Å². The molecule has 1 saturated carbocycles. The molecule has 1 aliphatic heterocycles. The van der Waals surface area contributed by atoms with Crippen LogP contribution in [0.3, 0.4) is 0 Å². The summed E-state index contributed by atoms with van der Waals surface area (Å²) in [4.78, 5) is 18.9. The molecule has 1 aromatic heterocycles. The molecule has 0 radical (unpaired) electrons. The summed E-state index contributed by atoms with van der Waals surface area (Å²) in [5, 5.41) is 3.61. The van der Waals surface area contributed by atoms with Crippen LogP contribution in [0.1, 0.15) is 12.8 Å². The first-order chi connectivity index (χ1) is 10.7. The Hall–Kier alpha value is -1.21. The molecule has 3 atom stereocenters. The van der Waals surface area contributed by atoms with Crippen LogP contribution in [-0.2, 0) is 4.79 Å². The number of thiazole rings is 1. The molecular weight excluding hydrogens is 332 g/mol. The summed E-state index contributed by atoms with van der Waals surface area (Å²) in [6.07, 6.45) is 2.35. The Kier molecular flexibility index (Phi) is 4.87. The molecule has 1 aromatic carbocycles. The number of carbonyl (C=O) groups excluding carboxylic acids is 1. The summed E-state index contributed by atoms with van der Waals surface area (Å²) in [5.74, 6) is 1.29. The lowest BCUT2D eigenvalue weighted by molar-refractivity contribution is -0.117. The zero-order chi connectivity index (χ0) is 15.1. The number of nitrogens with zero attached hydrogens (tertiary/aromatic N) is 2. The second-order valence-corrected chi connectivity index (χ2v) is 7.42. The van der Waals surface area contributed by atoms with Crippen molar-refractivity contribution in [3.8, 4) is 0 Å². The van der Waals surface area contributed by atoms with Crippen molar-refractivity contribution in [1.82, 2.24) is 9.88 Å². The number of para-hydroxylation sites is 1. The second-order valence-electron chi connectivity index (χ2n) is 6.39. The third-order valence-corrected chi connectivity index (χ3v) is 5.85. The van der Waals surface area contributed by atoms with Gasteiger partial charge in [0.15, 0.2) is 5.13 Å². The molecule has 2 fully saturated rings. The number of amides is 1. The van der Waals surface area contributed by atoms with Crippen LogP contribution < -0.4 is 11.1 Å². The predicted octanol–water partition coefficient (Wildman–Crippen LogP) is 2.33. The van der Waals surface area contributed by atoms with Crippen LogP contribution in [0.2, 0.25) is 0 Å². The molecule has 0 bridgehead atoms. The van der Waals surface area contributed by atoms with Crippen LogP contribution in [0.4, 0.5) is 5.13 Å². The summed E-state index contributed by atoms with van der Waals surface area (Å²) >= 11 is 1.52. The number of hydrogen-bond donors (Lipinski definition) is 2. The Bertz CT molecular complexity index is 673. The molecule has 1 amide bonds. The highest BCUT2D eigenvalue weighted by atomic mass is 35.5. The molecular formula is C16H21ClN4OS. The maximum absolute atomic E-state index is 12.2. The van der Waals surface area contributed by atoms with E-state index in [0.29, 0.717) is 29.6 Å². The minimum absolute atomic E-state index is 0. The average molecular weight is 353 g/mol. The SMILES string of the molecule is Cl.NC1CCC2CN(CC(=O)Nc3nc4ccccc4s3)CC12. The van der Waals surface area contributed by atoms with E-state index in [-0.39, 0.29) is 18.3 Å². The lowest BCUT2D eigenvalue weighted by Gasteiger charge is -2.17. The van der Waals surface area contributed by atoms with Gasteiger partial charge in [-0.25, -0.2) is 4.98 Å². The van der Waals surface area contributed by atoms with Crippen LogP contribution in [0, 0.1) is 11.8 Å². The molecule has 7 heteroatoms. The van der Waals surface area contributed by atoms with Crippen molar-refractivity contribution in [2.24, 2.45) is 17.6 Å². The number of nitrogens with one attached hydrogen (secondary N) is 1. The van der Waals surface area contributed by atoms with E-state index in [1.807, 2.05) is 24.3 Å². The van der Waals surface area contributed by atoms with Crippen molar-refractivity contribution in [2.75, 3.05) is 25.0 Å². The van der Waals surface area contributed by atoms with Gasteiger partial charge in [0, 0.05) is 19.1 Å². The summed E-state index contributed by atoms with van der Waals surface area (Å²) in [6.45, 7) is 2.40. The van der Waals surface area contributed by atoms with Gasteiger partial charge in [0.1, 0.15) is 0 Å². The summed E-state index contributed by atoms with van der Waals surface area (Å²) in [6, 6.07) is 8.25. The molecule has 2 aliphatic rings. The van der Waals surface area contributed by atoms with E-state index in [9.17, 15) is 4.79 Å². The van der Waals surface area contributed by atoms with Crippen LogP contribution in [0.15, 0.2) is 24.3 Å². The lowest BCUT2D eigenvalue weighted by Crippen LogP contribution is -2.34. The van der Waals surface area contributed by atoms with Crippen molar-refractivity contribution in [2.45, 2.75) is 18.9 Å². The van der Waals surface area contributed by atoms with Gasteiger partial charge in [-0.3, -0.25) is 9.69 Å². The fourth-order valence-corrected chi connectivity index (χ4v) is 4.70. The Morgan fingerprint density at radius 1 is 1.35 bits per heavy atom. The molecule has 1 saturated heterocycles. The topological polar surface area (TPSA) is 71.2 Å². The van der Waals surface area contributed by atoms with Gasteiger partial charge in [-0.15, -0.1) is 12.4 Å². The summed E-state index contributed by atoms with van der Waals surface area (Å²) < 4.78 is 1.10. The van der Waals surface area contributed by atoms with E-state index in [0.717, 1.165) is 29.7 Å². The smallest absolute Gasteiger partial charge is 0.240 e. The fourth-order valence-electron chi connectivity index (χ4n) is 3.82. The number of anilines is 1. The number of benzene rings is 1. The van der Waals surface area contributed by atoms with Gasteiger partial charge in [-0.05, 0) is 36.8 Å². The van der Waals surface area contributed by atoms with Gasteiger partial charge < -0.3 is 11.1 Å². The van der Waals surface area contributed by atoms with E-state index in [2.05, 4.69) is 15.2 Å². The molecule has 2 aromatic rings. The minimum atomic E-state index is 0. The molecule has 0 spiro atoms. The van der Waals surface area contributed by atoms with Gasteiger partial charge in [0.05, 0.1) is 16.8 Å². The van der Waals surface area contributed by atoms with E-state index in [1.54, 1.807) is 0 Å². The molecule has 3 N–H and O–H groups in total. The highest BCUT2D eigenvalue weighted by Gasteiger charge is 2.41. The highest BCUT2D eigenvalue weighted by Crippen LogP contribution is 2.37. The van der Waals surface area contributed by atoms with Crippen molar-refractivity contribution in [3.05, 3.63) is 24.3 Å². The van der Waals surface area contributed by atoms with E-state index < -0.39 is 0 Å². The number of likely N-dealkylation sites (tertiary alicyclic amines) is 1. The van der Waals surface area contributed by atoms with Crippen LogP contribution in [-0.4, -0.2) is 41.5 Å². The highest BCUT2D eigenvalue weighted by molar-refractivity contribution is 7.22. The molecule has 3 unspecified atom stereocenters. The third kappa shape index (κ3) is 3.35. The Balaban J connectivity index is 0.00000156. The monoisotopic (exact) mass is 352 g/mol. The molecule has 124 valence electrons. The van der Waals surface area contributed by atoms with Gasteiger partial charge in [0.2, 0.25) is 5.91 Å². The number of aromatic nitrogens is 1. The van der Waals surface area contributed by atoms with Gasteiger partial charge in [0.25, 0.3) is 0 Å². The largest absolute Gasteiger partial charge is 0.327 e. The van der Waals surface area contributed by atoms with Gasteiger partial charge in [-0.2, -0.15) is 0 Å². The molecule has 4 rings (SSSR count). The summed E-state index contributed by atoms with van der Waals surface area (Å²) in [5.41, 5.74) is 7.08. The first kappa shape index (κ1) is 16.6. The lowest BCUT2D eigenvalue weighted by atomic mass is 9.98. The predicted molar refractivity (Wildman–Crippen MR) is 96.1 cm³/mol. The van der Waals surface area contributed by atoms with Crippen molar-refractivity contribution in [3.63, 3.8) is 0 Å². The standard InChI is InChI=1S/C16H20N4OS.ClH/c17-12-6-5-10-7-20(8-11(10)12)9-15(21)19-16-18-13-3-1-2-4-14(13)22-16;/h1-4,10-12H,5-9,17H2,(H,18,19,21);1H. The van der Waals surface area contributed by atoms with E-state index in [1.165, 1.54) is 17.8 Å². The number of hydrogen-bond acceptors (Lipinski definition) is 5. The number of carbonyl (C=O) groups is 1. The molecule has 2 heterocycles. The van der Waals surface area contributed by atoms with Crippen molar-refractivity contribution < 1.29 is 4.79 Å². The molecule has 23 heavy (non-hydrogen) atoms. The summed E-state index contributed by atoms with van der Waals surface area (Å²) in [7, 11) is 0. The normalized spacial score (nSPS) is 26.9. The number of nitrogens with two attached hydrogens (primary N) is 1. The van der Waals surface area contributed by atoms with Crippen LogP contribution in [0.5, 0.6) is 0 Å². The van der Waals surface area contributed by atoms with Crippen LogP contribution in [0.25, 0.3) is 10.2 Å². The van der Waals surface area contributed by atoms with Crippen LogP contribution >= 0.6 is 23.7 Å². The zero-order valence-corrected chi connectivity index (χ0v) is 14.4. The minimum Gasteiger partial charge on any atom is -0.327 e. The third-order valence-electron chi connectivity index (χ3n) is 4.90. The zero-order valence-electron chi connectivity index (χ0n) is 12.8. The van der Waals surface area contributed by atoms with Gasteiger partial charge >= 0.3 is 0 Å². The first-order valence-corrected chi connectivity index (χ1v) is 8.64. The Morgan fingerprint density at radius 2 is 2.17 bits per heavy atom. The number of rotatable bonds is 3. The molecule has 5 nitrogen and oxygen atoms in total. The Morgan fingerprint density at radius 3 is 2.96 bits per heavy atom.